The highest BCUT2D eigenvalue weighted by atomic mass is 19.4. The van der Waals surface area contributed by atoms with Gasteiger partial charge in [0.15, 0.2) is 0 Å². The number of benzene rings is 3. The minimum Gasteiger partial charge on any atom is -0.507 e. The van der Waals surface area contributed by atoms with Crippen LogP contribution in [0.25, 0.3) is 5.76 Å². The zero-order valence-corrected chi connectivity index (χ0v) is 20.0. The zero-order chi connectivity index (χ0) is 29.8. The lowest BCUT2D eigenvalue weighted by atomic mass is 9.92. The Kier molecular flexibility index (Phi) is 6.98. The van der Waals surface area contributed by atoms with Crippen LogP contribution in [-0.4, -0.2) is 16.8 Å². The number of aliphatic hydroxyl groups is 1. The van der Waals surface area contributed by atoms with Crippen molar-refractivity contribution < 1.29 is 54.2 Å². The van der Waals surface area contributed by atoms with Gasteiger partial charge in [0.2, 0.25) is 0 Å². The Balaban J connectivity index is 2.03. The van der Waals surface area contributed by atoms with Crippen molar-refractivity contribution in [3.63, 3.8) is 0 Å². The van der Waals surface area contributed by atoms with E-state index >= 15 is 0 Å². The monoisotopic (exact) mass is 573 g/mol. The maximum absolute atomic E-state index is 13.6. The predicted molar refractivity (Wildman–Crippen MR) is 124 cm³/mol. The Bertz CT molecular complexity index is 1470. The summed E-state index contributed by atoms with van der Waals surface area (Å²) < 4.78 is 121. The van der Waals surface area contributed by atoms with Gasteiger partial charge >= 0.3 is 18.5 Å². The van der Waals surface area contributed by atoms with Gasteiger partial charge in [-0.2, -0.15) is 39.5 Å². The van der Waals surface area contributed by atoms with Crippen molar-refractivity contribution in [1.29, 1.82) is 0 Å². The summed E-state index contributed by atoms with van der Waals surface area (Å²) in [4.78, 5) is 26.7. The molecule has 0 spiro atoms. The standard InChI is InChI=1S/C27H16F9NO3/c1-13-2-4-14(5-3-13)22(38)20-21(15-10-17(26(31,32)33)12-18(11-15)27(34,35)36)37(24(40)23(20)39)19-8-6-16(7-9-19)25(28,29)30/h2-12,21,38H,1H3. The molecule has 1 unspecified atom stereocenters. The van der Waals surface area contributed by atoms with Crippen LogP contribution in [0.4, 0.5) is 45.2 Å². The molecule has 4 nitrogen and oxygen atoms in total. The molecule has 1 atom stereocenters. The summed E-state index contributed by atoms with van der Waals surface area (Å²) in [7, 11) is 0. The summed E-state index contributed by atoms with van der Waals surface area (Å²) in [5.74, 6) is -3.85. The van der Waals surface area contributed by atoms with Gasteiger partial charge in [0.25, 0.3) is 11.7 Å². The normalized spacial score (nSPS) is 17.9. The van der Waals surface area contributed by atoms with E-state index in [4.69, 9.17) is 0 Å². The van der Waals surface area contributed by atoms with Crippen molar-refractivity contribution in [3.05, 3.63) is 106 Å². The molecular weight excluding hydrogens is 557 g/mol. The third-order valence-corrected chi connectivity index (χ3v) is 6.17. The van der Waals surface area contributed by atoms with Crippen molar-refractivity contribution >= 4 is 23.1 Å². The topological polar surface area (TPSA) is 57.6 Å². The Hall–Kier alpha value is -4.29. The molecule has 1 aliphatic rings. The second kappa shape index (κ2) is 9.72. The zero-order valence-electron chi connectivity index (χ0n) is 20.0. The molecule has 1 amide bonds. The van der Waals surface area contributed by atoms with Crippen LogP contribution in [0.15, 0.2) is 72.3 Å². The highest BCUT2D eigenvalue weighted by molar-refractivity contribution is 6.51. The van der Waals surface area contributed by atoms with E-state index in [9.17, 15) is 54.2 Å². The Morgan fingerprint density at radius 1 is 0.700 bits per heavy atom. The Morgan fingerprint density at radius 2 is 1.18 bits per heavy atom. The molecule has 1 aliphatic heterocycles. The van der Waals surface area contributed by atoms with Crippen LogP contribution in [0.2, 0.25) is 0 Å². The fourth-order valence-electron chi connectivity index (χ4n) is 4.23. The summed E-state index contributed by atoms with van der Waals surface area (Å²) in [6.07, 6.45) is -15.4. The van der Waals surface area contributed by atoms with E-state index in [1.807, 2.05) is 0 Å². The summed E-state index contributed by atoms with van der Waals surface area (Å²) in [5, 5.41) is 11.0. The summed E-state index contributed by atoms with van der Waals surface area (Å²) in [5.41, 5.74) is -6.20. The largest absolute Gasteiger partial charge is 0.507 e. The number of aryl methyl sites for hydroxylation is 1. The third kappa shape index (κ3) is 5.40. The van der Waals surface area contributed by atoms with E-state index in [1.165, 1.54) is 24.3 Å². The predicted octanol–water partition coefficient (Wildman–Crippen LogP) is 7.68. The number of Topliss-reactive ketones (excluding diaryl/α,β-unsaturated/α-hetero) is 1. The van der Waals surface area contributed by atoms with Gasteiger partial charge in [0, 0.05) is 11.3 Å². The minimum absolute atomic E-state index is 0.0796. The van der Waals surface area contributed by atoms with Gasteiger partial charge in [0.05, 0.1) is 28.3 Å². The van der Waals surface area contributed by atoms with Crippen LogP contribution in [0.1, 0.15) is 39.4 Å². The van der Waals surface area contributed by atoms with Crippen molar-refractivity contribution in [2.75, 3.05) is 4.90 Å². The van der Waals surface area contributed by atoms with E-state index in [-0.39, 0.29) is 23.8 Å². The second-order valence-electron chi connectivity index (χ2n) is 8.92. The van der Waals surface area contributed by atoms with Gasteiger partial charge < -0.3 is 5.11 Å². The molecular formula is C27H16F9NO3. The number of hydrogen-bond acceptors (Lipinski definition) is 3. The van der Waals surface area contributed by atoms with Gasteiger partial charge in [-0.3, -0.25) is 14.5 Å². The first-order chi connectivity index (χ1) is 18.4. The van der Waals surface area contributed by atoms with Crippen LogP contribution < -0.4 is 4.90 Å². The number of halogens is 9. The average molecular weight is 573 g/mol. The van der Waals surface area contributed by atoms with E-state index in [1.54, 1.807) is 6.92 Å². The number of nitrogens with zero attached hydrogens (tertiary/aromatic N) is 1. The number of alkyl halides is 9. The molecule has 4 rings (SSSR count). The van der Waals surface area contributed by atoms with Crippen molar-refractivity contribution in [1.82, 2.24) is 0 Å². The first kappa shape index (κ1) is 28.7. The van der Waals surface area contributed by atoms with E-state index in [0.717, 1.165) is 12.1 Å². The molecule has 13 heteroatoms. The fraction of sp³-hybridized carbons (Fsp3) is 0.185. The van der Waals surface area contributed by atoms with Crippen LogP contribution >= 0.6 is 0 Å². The van der Waals surface area contributed by atoms with Gasteiger partial charge in [-0.1, -0.05) is 29.8 Å². The van der Waals surface area contributed by atoms with Crippen LogP contribution in [0.5, 0.6) is 0 Å². The fourth-order valence-corrected chi connectivity index (χ4v) is 4.23. The quantitative estimate of drug-likeness (QED) is 0.151. The van der Waals surface area contributed by atoms with Crippen LogP contribution in [0, 0.1) is 6.92 Å². The number of carbonyl (C=O) groups is 2. The number of aliphatic hydroxyl groups excluding tert-OH is 1. The third-order valence-electron chi connectivity index (χ3n) is 6.17. The first-order valence-electron chi connectivity index (χ1n) is 11.2. The molecule has 40 heavy (non-hydrogen) atoms. The maximum atomic E-state index is 13.6. The van der Waals surface area contributed by atoms with Gasteiger partial charge in [-0.15, -0.1) is 0 Å². The lowest BCUT2D eigenvalue weighted by molar-refractivity contribution is -0.143. The molecule has 210 valence electrons. The van der Waals surface area contributed by atoms with Crippen molar-refractivity contribution in [2.45, 2.75) is 31.5 Å². The molecule has 1 fully saturated rings. The van der Waals surface area contributed by atoms with Crippen molar-refractivity contribution in [2.24, 2.45) is 0 Å². The number of hydrogen-bond donors (Lipinski definition) is 1. The summed E-state index contributed by atoms with van der Waals surface area (Å²) >= 11 is 0. The highest BCUT2D eigenvalue weighted by Crippen LogP contribution is 2.46. The highest BCUT2D eigenvalue weighted by Gasteiger charge is 2.48. The number of anilines is 1. The minimum atomic E-state index is -5.29. The summed E-state index contributed by atoms with van der Waals surface area (Å²) in [6.45, 7) is 1.68. The molecule has 0 radical (unpaired) electrons. The lowest BCUT2D eigenvalue weighted by Crippen LogP contribution is -2.30. The van der Waals surface area contributed by atoms with Gasteiger partial charge in [-0.25, -0.2) is 0 Å². The van der Waals surface area contributed by atoms with Crippen LogP contribution in [-0.2, 0) is 28.1 Å². The molecule has 0 saturated carbocycles. The van der Waals surface area contributed by atoms with Crippen LogP contribution in [0.3, 0.4) is 0 Å². The Labute approximate surface area is 220 Å². The molecule has 0 bridgehead atoms. The molecule has 1 saturated heterocycles. The van der Waals surface area contributed by atoms with E-state index < -0.39 is 75.5 Å². The summed E-state index contributed by atoms with van der Waals surface area (Å²) in [6, 6.07) is 6.48. The number of rotatable bonds is 3. The lowest BCUT2D eigenvalue weighted by Gasteiger charge is -2.27. The molecule has 1 heterocycles. The Morgan fingerprint density at radius 3 is 1.62 bits per heavy atom. The molecule has 1 N–H and O–H groups in total. The molecule has 3 aromatic rings. The average Bonchev–Trinajstić information content (AvgIpc) is 3.12. The number of amides is 1. The van der Waals surface area contributed by atoms with E-state index in [0.29, 0.717) is 22.6 Å². The molecule has 0 aliphatic carbocycles. The maximum Gasteiger partial charge on any atom is 0.416 e. The van der Waals surface area contributed by atoms with Gasteiger partial charge in [-0.05, 0) is 55.0 Å². The van der Waals surface area contributed by atoms with E-state index in [2.05, 4.69) is 0 Å². The molecule has 3 aromatic carbocycles. The molecule has 0 aromatic heterocycles. The number of carbonyl (C=O) groups excluding carboxylic acids is 2. The second-order valence-corrected chi connectivity index (χ2v) is 8.92. The SMILES string of the molecule is Cc1ccc(C(O)=C2C(=O)C(=O)N(c3ccc(C(F)(F)F)cc3)C2c2cc(C(F)(F)F)cc(C(F)(F)F)c2)cc1. The number of ketones is 1. The first-order valence-corrected chi connectivity index (χ1v) is 11.2. The van der Waals surface area contributed by atoms with Crippen molar-refractivity contribution in [3.8, 4) is 0 Å². The smallest absolute Gasteiger partial charge is 0.416 e. The van der Waals surface area contributed by atoms with Gasteiger partial charge in [0.1, 0.15) is 5.76 Å².